The molecule has 1 aliphatic carbocycles. The number of nitrogens with zero attached hydrogens (tertiary/aromatic N) is 3. The minimum atomic E-state index is 0.458. The molecule has 1 saturated carbocycles. The Labute approximate surface area is 118 Å². The maximum absolute atomic E-state index is 5.89. The SMILES string of the molecule is c1cncc(C2CCCN2Cc2ncc(C3CC3)o2)c1. The molecular weight excluding hydrogens is 250 g/mol. The Morgan fingerprint density at radius 3 is 3.00 bits per heavy atom. The fourth-order valence-corrected chi connectivity index (χ4v) is 3.09. The summed E-state index contributed by atoms with van der Waals surface area (Å²) in [7, 11) is 0. The molecule has 1 unspecified atom stereocenters. The van der Waals surface area contributed by atoms with E-state index in [1.54, 1.807) is 0 Å². The Hall–Kier alpha value is -1.68. The highest BCUT2D eigenvalue weighted by Crippen LogP contribution is 2.40. The molecular formula is C16H19N3O. The van der Waals surface area contributed by atoms with Crippen molar-refractivity contribution in [3.63, 3.8) is 0 Å². The Morgan fingerprint density at radius 2 is 2.20 bits per heavy atom. The molecule has 4 nitrogen and oxygen atoms in total. The second-order valence-electron chi connectivity index (χ2n) is 5.85. The zero-order chi connectivity index (χ0) is 13.4. The molecule has 104 valence electrons. The maximum Gasteiger partial charge on any atom is 0.208 e. The molecule has 2 fully saturated rings. The van der Waals surface area contributed by atoms with E-state index in [2.05, 4.69) is 20.9 Å². The quantitative estimate of drug-likeness (QED) is 0.854. The van der Waals surface area contributed by atoms with Gasteiger partial charge < -0.3 is 4.42 Å². The van der Waals surface area contributed by atoms with Crippen LogP contribution in [0.1, 0.15) is 54.9 Å². The van der Waals surface area contributed by atoms with Crippen molar-refractivity contribution < 1.29 is 4.42 Å². The van der Waals surface area contributed by atoms with Crippen LogP contribution in [0.3, 0.4) is 0 Å². The molecule has 2 aromatic heterocycles. The molecule has 1 saturated heterocycles. The van der Waals surface area contributed by atoms with Gasteiger partial charge in [-0.2, -0.15) is 0 Å². The predicted molar refractivity (Wildman–Crippen MR) is 75.1 cm³/mol. The molecule has 2 aliphatic rings. The molecule has 1 aliphatic heterocycles. The van der Waals surface area contributed by atoms with Crippen LogP contribution < -0.4 is 0 Å². The zero-order valence-electron chi connectivity index (χ0n) is 11.5. The average Bonchev–Trinajstić information content (AvgIpc) is 3.06. The van der Waals surface area contributed by atoms with Gasteiger partial charge in [0.2, 0.25) is 5.89 Å². The highest BCUT2D eigenvalue weighted by molar-refractivity contribution is 5.15. The minimum absolute atomic E-state index is 0.458. The van der Waals surface area contributed by atoms with Gasteiger partial charge in [-0.1, -0.05) is 6.07 Å². The third-order valence-corrected chi connectivity index (χ3v) is 4.32. The van der Waals surface area contributed by atoms with Gasteiger partial charge in [-0.15, -0.1) is 0 Å². The lowest BCUT2D eigenvalue weighted by molar-refractivity contribution is 0.221. The fraction of sp³-hybridized carbons (Fsp3) is 0.500. The lowest BCUT2D eigenvalue weighted by Crippen LogP contribution is -2.23. The fourth-order valence-electron chi connectivity index (χ4n) is 3.09. The normalized spacial score (nSPS) is 23.3. The van der Waals surface area contributed by atoms with E-state index in [9.17, 15) is 0 Å². The van der Waals surface area contributed by atoms with Crippen LogP contribution in [-0.4, -0.2) is 21.4 Å². The molecule has 0 aromatic carbocycles. The van der Waals surface area contributed by atoms with Gasteiger partial charge in [-0.25, -0.2) is 4.98 Å². The van der Waals surface area contributed by atoms with Crippen molar-refractivity contribution in [3.8, 4) is 0 Å². The van der Waals surface area contributed by atoms with Gasteiger partial charge in [0, 0.05) is 24.4 Å². The molecule has 0 bridgehead atoms. The first kappa shape index (κ1) is 12.1. The summed E-state index contributed by atoms with van der Waals surface area (Å²) < 4.78 is 5.89. The number of hydrogen-bond donors (Lipinski definition) is 0. The summed E-state index contributed by atoms with van der Waals surface area (Å²) in [4.78, 5) is 11.1. The van der Waals surface area contributed by atoms with Gasteiger partial charge in [0.05, 0.1) is 12.7 Å². The van der Waals surface area contributed by atoms with Crippen LogP contribution in [0.2, 0.25) is 0 Å². The highest BCUT2D eigenvalue weighted by Gasteiger charge is 2.30. The van der Waals surface area contributed by atoms with Crippen molar-refractivity contribution in [2.45, 2.75) is 44.2 Å². The van der Waals surface area contributed by atoms with E-state index in [1.807, 2.05) is 24.7 Å². The molecule has 4 heteroatoms. The topological polar surface area (TPSA) is 42.2 Å². The Bertz CT molecular complexity index is 576. The minimum Gasteiger partial charge on any atom is -0.444 e. The van der Waals surface area contributed by atoms with E-state index in [4.69, 9.17) is 4.42 Å². The third-order valence-electron chi connectivity index (χ3n) is 4.32. The smallest absolute Gasteiger partial charge is 0.208 e. The third kappa shape index (κ3) is 2.36. The van der Waals surface area contributed by atoms with E-state index in [0.717, 1.165) is 24.7 Å². The lowest BCUT2D eigenvalue weighted by atomic mass is 10.1. The van der Waals surface area contributed by atoms with Crippen LogP contribution >= 0.6 is 0 Å². The molecule has 20 heavy (non-hydrogen) atoms. The second-order valence-corrected chi connectivity index (χ2v) is 5.85. The molecule has 1 atom stereocenters. The first-order valence-corrected chi connectivity index (χ1v) is 7.49. The Kier molecular flexibility index (Phi) is 3.03. The predicted octanol–water partition coefficient (Wildman–Crippen LogP) is 3.28. The molecule has 3 heterocycles. The van der Waals surface area contributed by atoms with Crippen LogP contribution in [0.4, 0.5) is 0 Å². The number of pyridine rings is 1. The molecule has 4 rings (SSSR count). The molecule has 0 spiro atoms. The zero-order valence-corrected chi connectivity index (χ0v) is 11.5. The van der Waals surface area contributed by atoms with Gasteiger partial charge in [0.15, 0.2) is 0 Å². The summed E-state index contributed by atoms with van der Waals surface area (Å²) in [5.41, 5.74) is 1.30. The summed E-state index contributed by atoms with van der Waals surface area (Å²) in [5, 5.41) is 0. The largest absolute Gasteiger partial charge is 0.444 e. The van der Waals surface area contributed by atoms with Crippen LogP contribution in [0.5, 0.6) is 0 Å². The Morgan fingerprint density at radius 1 is 1.25 bits per heavy atom. The van der Waals surface area contributed by atoms with E-state index in [1.165, 1.54) is 31.2 Å². The number of likely N-dealkylation sites (tertiary alicyclic amines) is 1. The van der Waals surface area contributed by atoms with Crippen LogP contribution in [0.15, 0.2) is 35.1 Å². The van der Waals surface area contributed by atoms with Crippen molar-refractivity contribution >= 4 is 0 Å². The number of rotatable bonds is 4. The number of hydrogen-bond acceptors (Lipinski definition) is 4. The van der Waals surface area contributed by atoms with Crippen molar-refractivity contribution in [2.75, 3.05) is 6.54 Å². The summed E-state index contributed by atoms with van der Waals surface area (Å²) >= 11 is 0. The van der Waals surface area contributed by atoms with Crippen LogP contribution in [-0.2, 0) is 6.54 Å². The molecule has 0 N–H and O–H groups in total. The van der Waals surface area contributed by atoms with Crippen molar-refractivity contribution in [3.05, 3.63) is 47.9 Å². The van der Waals surface area contributed by atoms with Crippen molar-refractivity contribution in [1.82, 2.24) is 14.9 Å². The van der Waals surface area contributed by atoms with Gasteiger partial charge in [-0.3, -0.25) is 9.88 Å². The van der Waals surface area contributed by atoms with Crippen LogP contribution in [0.25, 0.3) is 0 Å². The van der Waals surface area contributed by atoms with E-state index in [0.29, 0.717) is 12.0 Å². The molecule has 0 radical (unpaired) electrons. The average molecular weight is 269 g/mol. The monoisotopic (exact) mass is 269 g/mol. The molecule has 2 aromatic rings. The van der Waals surface area contributed by atoms with Gasteiger partial charge in [0.25, 0.3) is 0 Å². The van der Waals surface area contributed by atoms with Crippen molar-refractivity contribution in [2.24, 2.45) is 0 Å². The number of aromatic nitrogens is 2. The number of oxazole rings is 1. The van der Waals surface area contributed by atoms with Gasteiger partial charge >= 0.3 is 0 Å². The summed E-state index contributed by atoms with van der Waals surface area (Å²) in [6.07, 6.45) is 10.7. The van der Waals surface area contributed by atoms with Crippen molar-refractivity contribution in [1.29, 1.82) is 0 Å². The highest BCUT2D eigenvalue weighted by atomic mass is 16.4. The first-order valence-electron chi connectivity index (χ1n) is 7.49. The summed E-state index contributed by atoms with van der Waals surface area (Å²) in [6.45, 7) is 1.92. The Balaban J connectivity index is 1.49. The molecule has 0 amide bonds. The summed E-state index contributed by atoms with van der Waals surface area (Å²) in [5.74, 6) is 2.59. The maximum atomic E-state index is 5.89. The van der Waals surface area contributed by atoms with E-state index in [-0.39, 0.29) is 0 Å². The van der Waals surface area contributed by atoms with E-state index < -0.39 is 0 Å². The summed E-state index contributed by atoms with van der Waals surface area (Å²) in [6, 6.07) is 4.64. The van der Waals surface area contributed by atoms with Gasteiger partial charge in [-0.05, 0) is 43.9 Å². The second kappa shape index (κ2) is 5.02. The standard InChI is InChI=1S/C16H19N3O/c1-3-13(9-17-7-1)14-4-2-8-19(14)11-16-18-10-15(20-16)12-5-6-12/h1,3,7,9-10,12,14H,2,4-6,8,11H2. The van der Waals surface area contributed by atoms with E-state index >= 15 is 0 Å². The van der Waals surface area contributed by atoms with Gasteiger partial charge in [0.1, 0.15) is 5.76 Å². The van der Waals surface area contributed by atoms with Crippen LogP contribution in [0, 0.1) is 0 Å². The lowest BCUT2D eigenvalue weighted by Gasteiger charge is -2.22. The first-order chi connectivity index (χ1) is 9.90.